The fourth-order valence-corrected chi connectivity index (χ4v) is 2.97. The number of hydrogen-bond acceptors (Lipinski definition) is 3. The predicted octanol–water partition coefficient (Wildman–Crippen LogP) is 3.31. The predicted molar refractivity (Wildman–Crippen MR) is 90.0 cm³/mol. The van der Waals surface area contributed by atoms with E-state index in [0.717, 1.165) is 34.6 Å². The highest BCUT2D eigenvalue weighted by Crippen LogP contribution is 2.13. The van der Waals surface area contributed by atoms with Crippen LogP contribution in [0.4, 0.5) is 0 Å². The molecule has 0 unspecified atom stereocenters. The molecule has 0 spiro atoms. The first-order chi connectivity index (χ1) is 10.1. The van der Waals surface area contributed by atoms with Gasteiger partial charge in [0.1, 0.15) is 0 Å². The molecule has 2 aromatic rings. The number of nitrogens with zero attached hydrogens (tertiary/aromatic N) is 3. The number of benzene rings is 1. The second-order valence-corrected chi connectivity index (χ2v) is 6.49. The molecule has 0 fully saturated rings. The van der Waals surface area contributed by atoms with Crippen LogP contribution in [0.1, 0.15) is 15.4 Å². The first-order valence-corrected chi connectivity index (χ1v) is 7.85. The quantitative estimate of drug-likeness (QED) is 0.693. The number of halogens is 1. The summed E-state index contributed by atoms with van der Waals surface area (Å²) in [7, 11) is 3.79. The summed E-state index contributed by atoms with van der Waals surface area (Å²) in [4.78, 5) is 11.8. The molecule has 0 bridgehead atoms. The van der Waals surface area contributed by atoms with Crippen molar-refractivity contribution in [1.29, 1.82) is 0 Å². The Morgan fingerprint density at radius 1 is 1.48 bits per heavy atom. The van der Waals surface area contributed by atoms with E-state index in [4.69, 9.17) is 11.6 Å². The van der Waals surface area contributed by atoms with Gasteiger partial charge in [-0.05, 0) is 24.6 Å². The van der Waals surface area contributed by atoms with E-state index in [9.17, 15) is 0 Å². The molecule has 112 valence electrons. The molecule has 0 atom stereocenters. The number of aliphatic imine (C=N–C) groups is 1. The number of guanidine groups is 1. The minimum Gasteiger partial charge on any atom is -0.351 e. The van der Waals surface area contributed by atoms with Crippen molar-refractivity contribution in [3.8, 4) is 0 Å². The van der Waals surface area contributed by atoms with Crippen molar-refractivity contribution in [2.24, 2.45) is 4.99 Å². The van der Waals surface area contributed by atoms with Crippen molar-refractivity contribution in [2.45, 2.75) is 20.0 Å². The first kappa shape index (κ1) is 15.8. The average molecular weight is 323 g/mol. The van der Waals surface area contributed by atoms with E-state index in [-0.39, 0.29) is 0 Å². The van der Waals surface area contributed by atoms with Gasteiger partial charge in [0.2, 0.25) is 0 Å². The Labute approximate surface area is 134 Å². The highest BCUT2D eigenvalue weighted by Gasteiger charge is 2.07. The van der Waals surface area contributed by atoms with Crippen molar-refractivity contribution in [3.05, 3.63) is 50.9 Å². The summed E-state index contributed by atoms with van der Waals surface area (Å²) in [5, 5.41) is 5.18. The molecular weight excluding hydrogens is 304 g/mol. The van der Waals surface area contributed by atoms with Gasteiger partial charge >= 0.3 is 0 Å². The fourth-order valence-electron chi connectivity index (χ4n) is 2.02. The van der Waals surface area contributed by atoms with Crippen LogP contribution >= 0.6 is 22.9 Å². The van der Waals surface area contributed by atoms with Crippen LogP contribution in [0.2, 0.25) is 5.02 Å². The van der Waals surface area contributed by atoms with Crippen molar-refractivity contribution >= 4 is 28.9 Å². The molecule has 2 rings (SSSR count). The third kappa shape index (κ3) is 4.72. The molecule has 21 heavy (non-hydrogen) atoms. The largest absolute Gasteiger partial charge is 0.351 e. The Bertz CT molecular complexity index is 624. The summed E-state index contributed by atoms with van der Waals surface area (Å²) in [6, 6.07) is 7.87. The van der Waals surface area contributed by atoms with Crippen molar-refractivity contribution in [3.63, 3.8) is 0 Å². The minimum atomic E-state index is 0.734. The number of thiazole rings is 1. The lowest BCUT2D eigenvalue weighted by Crippen LogP contribution is -2.37. The van der Waals surface area contributed by atoms with Crippen molar-refractivity contribution < 1.29 is 0 Å². The smallest absolute Gasteiger partial charge is 0.193 e. The zero-order valence-corrected chi connectivity index (χ0v) is 14.0. The molecule has 0 aliphatic heterocycles. The molecular formula is C15H19ClN4S. The molecule has 1 heterocycles. The van der Waals surface area contributed by atoms with Crippen LogP contribution in [0, 0.1) is 6.92 Å². The summed E-state index contributed by atoms with van der Waals surface area (Å²) < 4.78 is 0. The third-order valence-electron chi connectivity index (χ3n) is 2.97. The van der Waals surface area contributed by atoms with Crippen molar-refractivity contribution in [2.75, 3.05) is 14.1 Å². The zero-order valence-electron chi connectivity index (χ0n) is 12.4. The average Bonchev–Trinajstić information content (AvgIpc) is 2.85. The summed E-state index contributed by atoms with van der Waals surface area (Å²) in [6.07, 6.45) is 1.90. The van der Waals surface area contributed by atoms with Gasteiger partial charge in [0.25, 0.3) is 0 Å². The van der Waals surface area contributed by atoms with Crippen LogP contribution in [0.5, 0.6) is 0 Å². The van der Waals surface area contributed by atoms with Gasteiger partial charge in [-0.3, -0.25) is 4.99 Å². The maximum absolute atomic E-state index is 6.02. The third-order valence-corrected chi connectivity index (χ3v) is 4.12. The van der Waals surface area contributed by atoms with Gasteiger partial charge in [0, 0.05) is 36.7 Å². The van der Waals surface area contributed by atoms with E-state index in [2.05, 4.69) is 26.3 Å². The van der Waals surface area contributed by atoms with Crippen LogP contribution in [0.3, 0.4) is 0 Å². The van der Waals surface area contributed by atoms with Crippen molar-refractivity contribution in [1.82, 2.24) is 15.2 Å². The maximum atomic E-state index is 6.02. The van der Waals surface area contributed by atoms with Gasteiger partial charge in [-0.2, -0.15) is 0 Å². The van der Waals surface area contributed by atoms with E-state index in [1.807, 2.05) is 38.4 Å². The normalized spacial score (nSPS) is 11.5. The van der Waals surface area contributed by atoms with Crippen LogP contribution in [-0.2, 0) is 13.1 Å². The number of hydrogen-bond donors (Lipinski definition) is 1. The molecule has 0 saturated heterocycles. The lowest BCUT2D eigenvalue weighted by molar-refractivity contribution is 0.477. The first-order valence-electron chi connectivity index (χ1n) is 6.66. The standard InChI is InChI=1S/C15H19ClN4S/c1-11-18-8-14(21-11)9-19-15(17-2)20(3)10-12-5-4-6-13(16)7-12/h4-8H,9-10H2,1-3H3,(H,17,19). The second kappa shape index (κ2) is 7.43. The summed E-state index contributed by atoms with van der Waals surface area (Å²) in [6.45, 7) is 3.49. The molecule has 1 aromatic heterocycles. The Morgan fingerprint density at radius 2 is 2.29 bits per heavy atom. The molecule has 0 amide bonds. The zero-order chi connectivity index (χ0) is 15.2. The van der Waals surface area contributed by atoms with Gasteiger partial charge in [-0.1, -0.05) is 23.7 Å². The van der Waals surface area contributed by atoms with E-state index in [0.29, 0.717) is 0 Å². The molecule has 0 radical (unpaired) electrons. The van der Waals surface area contributed by atoms with Crippen LogP contribution in [0.15, 0.2) is 35.5 Å². The number of aromatic nitrogens is 1. The topological polar surface area (TPSA) is 40.5 Å². The Morgan fingerprint density at radius 3 is 2.90 bits per heavy atom. The van der Waals surface area contributed by atoms with Gasteiger partial charge in [0.15, 0.2) is 5.96 Å². The van der Waals surface area contributed by atoms with Crippen LogP contribution < -0.4 is 5.32 Å². The lowest BCUT2D eigenvalue weighted by atomic mass is 10.2. The maximum Gasteiger partial charge on any atom is 0.193 e. The molecule has 1 N–H and O–H groups in total. The van der Waals surface area contributed by atoms with E-state index in [1.54, 1.807) is 18.4 Å². The van der Waals surface area contributed by atoms with Gasteiger partial charge in [0.05, 0.1) is 11.6 Å². The number of rotatable bonds is 4. The van der Waals surface area contributed by atoms with Gasteiger partial charge in [-0.25, -0.2) is 4.98 Å². The van der Waals surface area contributed by atoms with E-state index < -0.39 is 0 Å². The lowest BCUT2D eigenvalue weighted by Gasteiger charge is -2.22. The Kier molecular flexibility index (Phi) is 5.59. The molecule has 0 saturated carbocycles. The number of nitrogens with one attached hydrogen (secondary N) is 1. The molecule has 0 aliphatic carbocycles. The molecule has 0 aliphatic rings. The monoisotopic (exact) mass is 322 g/mol. The van der Waals surface area contributed by atoms with Crippen LogP contribution in [-0.4, -0.2) is 29.9 Å². The molecule has 1 aromatic carbocycles. The van der Waals surface area contributed by atoms with E-state index in [1.165, 1.54) is 4.88 Å². The highest BCUT2D eigenvalue weighted by atomic mass is 35.5. The highest BCUT2D eigenvalue weighted by molar-refractivity contribution is 7.11. The Balaban J connectivity index is 1.94. The van der Waals surface area contributed by atoms with Gasteiger partial charge in [-0.15, -0.1) is 11.3 Å². The minimum absolute atomic E-state index is 0.734. The number of aryl methyl sites for hydroxylation is 1. The molecule has 4 nitrogen and oxygen atoms in total. The van der Waals surface area contributed by atoms with Gasteiger partial charge < -0.3 is 10.2 Å². The SMILES string of the molecule is CN=C(NCc1cnc(C)s1)N(C)Cc1cccc(Cl)c1. The van der Waals surface area contributed by atoms with E-state index >= 15 is 0 Å². The fraction of sp³-hybridized carbons (Fsp3) is 0.333. The summed E-state index contributed by atoms with van der Waals surface area (Å²) >= 11 is 7.71. The van der Waals surface area contributed by atoms with Crippen LogP contribution in [0.25, 0.3) is 0 Å². The Hall–Kier alpha value is -1.59. The summed E-state index contributed by atoms with van der Waals surface area (Å²) in [5.41, 5.74) is 1.15. The summed E-state index contributed by atoms with van der Waals surface area (Å²) in [5.74, 6) is 0.848. The molecule has 6 heteroatoms. The second-order valence-electron chi connectivity index (χ2n) is 4.73.